The van der Waals surface area contributed by atoms with Gasteiger partial charge in [-0.15, -0.1) is 0 Å². The standard InChI is InChI=1S/C47H40N2/c1-5-34(2)46(44-22-14-12-16-35(44)3)48(40-18-8-6-9-19-40)42-30-26-37(27-31-42)38-28-32-43(33-29-38)49(41-20-10-7-11-21-41)47-36(4)24-25-39-17-13-15-23-45(39)47/h5-33H,3H2,1-2,4H3/b34-5-,46-44+. The molecule has 2 nitrogen and oxygen atoms in total. The lowest BCUT2D eigenvalue weighted by atomic mass is 10.0. The van der Waals surface area contributed by atoms with Gasteiger partial charge in [0.05, 0.1) is 11.4 Å². The topological polar surface area (TPSA) is 6.48 Å². The first-order chi connectivity index (χ1) is 24.0. The third-order valence-electron chi connectivity index (χ3n) is 9.24. The van der Waals surface area contributed by atoms with Crippen LogP contribution in [0.15, 0.2) is 182 Å². The van der Waals surface area contributed by atoms with E-state index >= 15 is 0 Å². The second-order valence-corrected chi connectivity index (χ2v) is 12.4. The SMILES string of the molecule is C=c1cccc/c1=C(/C(C)=C\C)N(c1ccccc1)c1ccc(-c2ccc(N(c3ccccc3)c3c(C)ccc4ccccc34)cc2)cc1. The zero-order chi connectivity index (χ0) is 33.7. The van der Waals surface area contributed by atoms with Crippen molar-refractivity contribution in [2.75, 3.05) is 9.80 Å². The van der Waals surface area contributed by atoms with Gasteiger partial charge in [0.1, 0.15) is 0 Å². The Morgan fingerprint density at radius 2 is 1.04 bits per heavy atom. The van der Waals surface area contributed by atoms with Crippen LogP contribution in [0.25, 0.3) is 34.2 Å². The third-order valence-corrected chi connectivity index (χ3v) is 9.24. The first kappa shape index (κ1) is 31.5. The molecule has 238 valence electrons. The number of para-hydroxylation sites is 2. The van der Waals surface area contributed by atoms with E-state index < -0.39 is 0 Å². The van der Waals surface area contributed by atoms with E-state index in [9.17, 15) is 0 Å². The maximum absolute atomic E-state index is 4.38. The van der Waals surface area contributed by atoms with E-state index in [2.05, 4.69) is 207 Å². The number of fused-ring (bicyclic) bond motifs is 1. The molecule has 0 N–H and O–H groups in total. The minimum absolute atomic E-state index is 1.000. The Morgan fingerprint density at radius 3 is 1.67 bits per heavy atom. The van der Waals surface area contributed by atoms with Crippen LogP contribution in [0.3, 0.4) is 0 Å². The minimum Gasteiger partial charge on any atom is -0.310 e. The van der Waals surface area contributed by atoms with Gasteiger partial charge in [0.15, 0.2) is 0 Å². The first-order valence-electron chi connectivity index (χ1n) is 16.8. The molecule has 0 heterocycles. The van der Waals surface area contributed by atoms with E-state index in [4.69, 9.17) is 0 Å². The summed E-state index contributed by atoms with van der Waals surface area (Å²) >= 11 is 0. The number of allylic oxidation sites excluding steroid dienone is 1. The van der Waals surface area contributed by atoms with E-state index in [1.165, 1.54) is 33.2 Å². The van der Waals surface area contributed by atoms with Crippen molar-refractivity contribution in [3.63, 3.8) is 0 Å². The van der Waals surface area contributed by atoms with E-state index in [-0.39, 0.29) is 0 Å². The van der Waals surface area contributed by atoms with Crippen LogP contribution in [0.2, 0.25) is 0 Å². The molecule has 7 rings (SSSR count). The Kier molecular flexibility index (Phi) is 8.95. The largest absolute Gasteiger partial charge is 0.310 e. The summed E-state index contributed by atoms with van der Waals surface area (Å²) in [5.74, 6) is 0. The van der Waals surface area contributed by atoms with Crippen molar-refractivity contribution in [1.82, 2.24) is 0 Å². The maximum atomic E-state index is 4.38. The van der Waals surface area contributed by atoms with Crippen molar-refractivity contribution in [2.24, 2.45) is 0 Å². The predicted octanol–water partition coefficient (Wildman–Crippen LogP) is 11.6. The fourth-order valence-corrected chi connectivity index (χ4v) is 6.63. The molecule has 0 saturated carbocycles. The predicted molar refractivity (Wildman–Crippen MR) is 211 cm³/mol. The molecule has 0 saturated heterocycles. The molecule has 7 aromatic rings. The minimum atomic E-state index is 1.000. The molecule has 0 aliphatic rings. The molecular weight excluding hydrogens is 593 g/mol. The normalized spacial score (nSPS) is 12.1. The Labute approximate surface area is 289 Å². The highest BCUT2D eigenvalue weighted by Gasteiger charge is 2.19. The number of benzene rings is 7. The summed E-state index contributed by atoms with van der Waals surface area (Å²) in [6.45, 7) is 10.8. The summed E-state index contributed by atoms with van der Waals surface area (Å²) in [6, 6.07) is 60.5. The van der Waals surface area contributed by atoms with Crippen LogP contribution in [0.1, 0.15) is 19.4 Å². The maximum Gasteiger partial charge on any atom is 0.0569 e. The second-order valence-electron chi connectivity index (χ2n) is 12.4. The first-order valence-corrected chi connectivity index (χ1v) is 16.8. The number of nitrogens with zero attached hydrogens (tertiary/aromatic N) is 2. The van der Waals surface area contributed by atoms with E-state index in [0.29, 0.717) is 0 Å². The van der Waals surface area contributed by atoms with Gasteiger partial charge in [-0.1, -0.05) is 134 Å². The van der Waals surface area contributed by atoms with E-state index in [1.807, 2.05) is 6.07 Å². The third kappa shape index (κ3) is 6.29. The van der Waals surface area contributed by atoms with Gasteiger partial charge in [-0.3, -0.25) is 0 Å². The van der Waals surface area contributed by atoms with E-state index in [1.54, 1.807) is 0 Å². The number of aryl methyl sites for hydroxylation is 1. The van der Waals surface area contributed by atoms with Crippen LogP contribution in [0.5, 0.6) is 0 Å². The van der Waals surface area contributed by atoms with Crippen LogP contribution in [-0.2, 0) is 0 Å². The molecule has 0 fully saturated rings. The molecule has 2 heteroatoms. The molecule has 7 aromatic carbocycles. The van der Waals surface area contributed by atoms with Gasteiger partial charge in [-0.25, -0.2) is 0 Å². The fourth-order valence-electron chi connectivity index (χ4n) is 6.63. The lowest BCUT2D eigenvalue weighted by Gasteiger charge is -2.29. The number of anilines is 5. The Morgan fingerprint density at radius 1 is 0.531 bits per heavy atom. The second kappa shape index (κ2) is 13.9. The molecule has 0 aliphatic heterocycles. The van der Waals surface area contributed by atoms with Gasteiger partial charge < -0.3 is 9.80 Å². The highest BCUT2D eigenvalue weighted by atomic mass is 15.2. The van der Waals surface area contributed by atoms with Gasteiger partial charge in [-0.2, -0.15) is 0 Å². The van der Waals surface area contributed by atoms with Gasteiger partial charge in [0.2, 0.25) is 0 Å². The summed E-state index contributed by atoms with van der Waals surface area (Å²) in [5, 5.41) is 4.58. The van der Waals surface area contributed by atoms with Gasteiger partial charge in [0, 0.05) is 33.4 Å². The van der Waals surface area contributed by atoms with Crippen LogP contribution in [0.4, 0.5) is 28.4 Å². The van der Waals surface area contributed by atoms with E-state index in [0.717, 1.165) is 44.4 Å². The molecule has 0 amide bonds. The Hall–Kier alpha value is -6.12. The lowest BCUT2D eigenvalue weighted by molar-refractivity contribution is 1.24. The molecule has 0 aromatic heterocycles. The van der Waals surface area contributed by atoms with Crippen LogP contribution in [-0.4, -0.2) is 0 Å². The summed E-state index contributed by atoms with van der Waals surface area (Å²) in [5.41, 5.74) is 11.5. The van der Waals surface area contributed by atoms with Gasteiger partial charge in [0.25, 0.3) is 0 Å². The summed E-state index contributed by atoms with van der Waals surface area (Å²) in [7, 11) is 0. The summed E-state index contributed by atoms with van der Waals surface area (Å²) < 4.78 is 0. The molecule has 0 unspecified atom stereocenters. The van der Waals surface area contributed by atoms with Crippen molar-refractivity contribution in [3.8, 4) is 11.1 Å². The molecule has 0 bridgehead atoms. The average Bonchev–Trinajstić information content (AvgIpc) is 3.16. The van der Waals surface area contributed by atoms with Crippen molar-refractivity contribution in [2.45, 2.75) is 20.8 Å². The van der Waals surface area contributed by atoms with Crippen molar-refractivity contribution < 1.29 is 0 Å². The van der Waals surface area contributed by atoms with Crippen molar-refractivity contribution in [3.05, 3.63) is 198 Å². The summed E-state index contributed by atoms with van der Waals surface area (Å²) in [4.78, 5) is 4.72. The zero-order valence-corrected chi connectivity index (χ0v) is 28.3. The van der Waals surface area contributed by atoms with Crippen LogP contribution in [0, 0.1) is 6.92 Å². The Bertz CT molecular complexity index is 2360. The zero-order valence-electron chi connectivity index (χ0n) is 28.3. The molecule has 49 heavy (non-hydrogen) atoms. The van der Waals surface area contributed by atoms with Crippen LogP contribution < -0.4 is 20.2 Å². The molecule has 0 aliphatic carbocycles. The van der Waals surface area contributed by atoms with Crippen LogP contribution >= 0.6 is 0 Å². The van der Waals surface area contributed by atoms with Crippen molar-refractivity contribution in [1.29, 1.82) is 0 Å². The highest BCUT2D eigenvalue weighted by Crippen LogP contribution is 2.42. The lowest BCUT2D eigenvalue weighted by Crippen LogP contribution is -2.32. The molecule has 0 radical (unpaired) electrons. The quantitative estimate of drug-likeness (QED) is 0.164. The smallest absolute Gasteiger partial charge is 0.0569 e. The number of hydrogen-bond acceptors (Lipinski definition) is 2. The monoisotopic (exact) mass is 632 g/mol. The number of rotatable bonds is 8. The Balaban J connectivity index is 1.29. The van der Waals surface area contributed by atoms with Crippen molar-refractivity contribution >= 4 is 51.5 Å². The number of hydrogen-bond donors (Lipinski definition) is 0. The van der Waals surface area contributed by atoms with Gasteiger partial charge in [-0.05, 0) is 102 Å². The molecule has 0 spiro atoms. The highest BCUT2D eigenvalue weighted by molar-refractivity contribution is 6.00. The van der Waals surface area contributed by atoms with Gasteiger partial charge >= 0.3 is 0 Å². The average molecular weight is 633 g/mol. The summed E-state index contributed by atoms with van der Waals surface area (Å²) in [6.07, 6.45) is 2.17. The molecular formula is C47H40N2. The molecule has 0 atom stereocenters. The fraction of sp³-hybridized carbons (Fsp3) is 0.0638.